The SMILES string of the molecule is Cc1ccc(-n2cccc2[C@H]2[C@@H](c3ccccn3)NC(=S)N2Cc2ccco2)cc1. The van der Waals surface area contributed by atoms with Crippen LogP contribution in [0.15, 0.2) is 89.8 Å². The highest BCUT2D eigenvalue weighted by Gasteiger charge is 2.41. The van der Waals surface area contributed by atoms with Crippen molar-refractivity contribution in [2.24, 2.45) is 0 Å². The Labute approximate surface area is 181 Å². The van der Waals surface area contributed by atoms with Crippen LogP contribution in [0.2, 0.25) is 0 Å². The Morgan fingerprint density at radius 1 is 1.03 bits per heavy atom. The molecule has 30 heavy (non-hydrogen) atoms. The molecule has 0 radical (unpaired) electrons. The van der Waals surface area contributed by atoms with E-state index >= 15 is 0 Å². The minimum absolute atomic E-state index is 0.0335. The van der Waals surface area contributed by atoms with Crippen LogP contribution < -0.4 is 5.32 Å². The van der Waals surface area contributed by atoms with Gasteiger partial charge in [0.1, 0.15) is 5.76 Å². The monoisotopic (exact) mass is 414 g/mol. The lowest BCUT2D eigenvalue weighted by Crippen LogP contribution is -2.29. The molecular weight excluding hydrogens is 392 g/mol. The first-order valence-corrected chi connectivity index (χ1v) is 10.4. The number of rotatable bonds is 5. The number of furan rings is 1. The van der Waals surface area contributed by atoms with Crippen LogP contribution in [0.25, 0.3) is 5.69 Å². The standard InChI is InChI=1S/C24H22N4OS/c1-17-9-11-18(12-10-17)27-14-4-8-21(27)23-22(20-7-2-3-13-25-20)26-24(30)28(23)16-19-6-5-15-29-19/h2-15,22-23H,16H2,1H3,(H,26,30)/t22-,23+/m1/s1. The highest BCUT2D eigenvalue weighted by molar-refractivity contribution is 7.80. The fourth-order valence-corrected chi connectivity index (χ4v) is 4.35. The maximum absolute atomic E-state index is 5.75. The van der Waals surface area contributed by atoms with Crippen molar-refractivity contribution >= 4 is 17.3 Å². The molecular formula is C24H22N4OS. The van der Waals surface area contributed by atoms with Gasteiger partial charge in [-0.3, -0.25) is 4.98 Å². The van der Waals surface area contributed by atoms with Crippen LogP contribution in [0, 0.1) is 6.92 Å². The van der Waals surface area contributed by atoms with Gasteiger partial charge in [0.15, 0.2) is 5.11 Å². The van der Waals surface area contributed by atoms with E-state index in [0.717, 1.165) is 22.8 Å². The van der Waals surface area contributed by atoms with Crippen molar-refractivity contribution in [3.63, 3.8) is 0 Å². The second-order valence-electron chi connectivity index (χ2n) is 7.47. The maximum Gasteiger partial charge on any atom is 0.170 e. The molecule has 150 valence electrons. The Morgan fingerprint density at radius 3 is 2.63 bits per heavy atom. The molecule has 0 unspecified atom stereocenters. The van der Waals surface area contributed by atoms with E-state index in [4.69, 9.17) is 16.6 Å². The van der Waals surface area contributed by atoms with Gasteiger partial charge in [-0.15, -0.1) is 0 Å². The molecule has 4 heterocycles. The summed E-state index contributed by atoms with van der Waals surface area (Å²) in [5.74, 6) is 0.874. The molecule has 2 atom stereocenters. The first kappa shape index (κ1) is 18.6. The quantitative estimate of drug-likeness (QED) is 0.469. The van der Waals surface area contributed by atoms with Crippen LogP contribution >= 0.6 is 12.2 Å². The Balaban J connectivity index is 1.60. The molecule has 1 aliphatic heterocycles. The fourth-order valence-electron chi connectivity index (χ4n) is 4.04. The number of hydrogen-bond donors (Lipinski definition) is 1. The summed E-state index contributed by atoms with van der Waals surface area (Å²) >= 11 is 5.75. The normalized spacial score (nSPS) is 18.6. The second-order valence-corrected chi connectivity index (χ2v) is 7.86. The van der Waals surface area contributed by atoms with Gasteiger partial charge in [-0.1, -0.05) is 23.8 Å². The van der Waals surface area contributed by atoms with E-state index in [1.54, 1.807) is 6.26 Å². The van der Waals surface area contributed by atoms with Gasteiger partial charge in [0.25, 0.3) is 0 Å². The van der Waals surface area contributed by atoms with E-state index < -0.39 is 0 Å². The second kappa shape index (κ2) is 7.80. The topological polar surface area (TPSA) is 46.2 Å². The van der Waals surface area contributed by atoms with E-state index in [9.17, 15) is 0 Å². The minimum atomic E-state index is -0.0623. The number of thiocarbonyl (C=S) groups is 1. The van der Waals surface area contributed by atoms with Crippen LogP contribution in [0.3, 0.4) is 0 Å². The molecule has 1 N–H and O–H groups in total. The van der Waals surface area contributed by atoms with Crippen molar-refractivity contribution in [3.8, 4) is 5.69 Å². The van der Waals surface area contributed by atoms with Gasteiger partial charge in [-0.05, 0) is 67.7 Å². The number of nitrogens with zero attached hydrogens (tertiary/aromatic N) is 3. The number of hydrogen-bond acceptors (Lipinski definition) is 3. The maximum atomic E-state index is 5.75. The molecule has 0 bridgehead atoms. The number of aryl methyl sites for hydroxylation is 1. The zero-order valence-electron chi connectivity index (χ0n) is 16.6. The predicted molar refractivity (Wildman–Crippen MR) is 120 cm³/mol. The van der Waals surface area contributed by atoms with E-state index in [0.29, 0.717) is 11.7 Å². The van der Waals surface area contributed by atoms with Crippen molar-refractivity contribution in [1.29, 1.82) is 0 Å². The summed E-state index contributed by atoms with van der Waals surface area (Å²) in [4.78, 5) is 6.81. The molecule has 5 rings (SSSR count). The third kappa shape index (κ3) is 3.39. The summed E-state index contributed by atoms with van der Waals surface area (Å²) in [6.07, 6.45) is 5.62. The summed E-state index contributed by atoms with van der Waals surface area (Å²) in [6, 6.07) is 22.6. The summed E-state index contributed by atoms with van der Waals surface area (Å²) in [5, 5.41) is 4.20. The van der Waals surface area contributed by atoms with E-state index in [1.165, 1.54) is 5.56 Å². The van der Waals surface area contributed by atoms with E-state index in [2.05, 4.69) is 69.3 Å². The third-order valence-electron chi connectivity index (χ3n) is 5.50. The summed E-state index contributed by atoms with van der Waals surface area (Å²) < 4.78 is 7.85. The van der Waals surface area contributed by atoms with Crippen molar-refractivity contribution in [2.45, 2.75) is 25.6 Å². The van der Waals surface area contributed by atoms with Crippen molar-refractivity contribution in [2.75, 3.05) is 0 Å². The van der Waals surface area contributed by atoms with Gasteiger partial charge < -0.3 is 19.2 Å². The third-order valence-corrected chi connectivity index (χ3v) is 5.85. The molecule has 4 aromatic rings. The lowest BCUT2D eigenvalue weighted by atomic mass is 10.0. The van der Waals surface area contributed by atoms with Crippen molar-refractivity contribution in [3.05, 3.63) is 108 Å². The Kier molecular flexibility index (Phi) is 4.85. The molecule has 5 nitrogen and oxygen atoms in total. The zero-order chi connectivity index (χ0) is 20.5. The molecule has 0 aliphatic carbocycles. The van der Waals surface area contributed by atoms with Crippen LogP contribution in [0.1, 0.15) is 34.8 Å². The molecule has 1 aromatic carbocycles. The first-order valence-electron chi connectivity index (χ1n) is 9.95. The number of nitrogens with one attached hydrogen (secondary N) is 1. The molecule has 0 amide bonds. The molecule has 1 fully saturated rings. The first-order chi connectivity index (χ1) is 14.7. The van der Waals surface area contributed by atoms with Gasteiger partial charge in [0.2, 0.25) is 0 Å². The molecule has 3 aromatic heterocycles. The van der Waals surface area contributed by atoms with Gasteiger partial charge >= 0.3 is 0 Å². The smallest absolute Gasteiger partial charge is 0.170 e. The summed E-state index contributed by atoms with van der Waals surface area (Å²) in [6.45, 7) is 2.69. The molecule has 6 heteroatoms. The highest BCUT2D eigenvalue weighted by atomic mass is 32.1. The van der Waals surface area contributed by atoms with Crippen molar-refractivity contribution in [1.82, 2.24) is 19.8 Å². The Morgan fingerprint density at radius 2 is 1.90 bits per heavy atom. The van der Waals surface area contributed by atoms with Crippen LogP contribution in [0.4, 0.5) is 0 Å². The average Bonchev–Trinajstić information content (AvgIpc) is 3.51. The fraction of sp³-hybridized carbons (Fsp3) is 0.167. The molecule has 0 saturated carbocycles. The number of benzene rings is 1. The van der Waals surface area contributed by atoms with Crippen molar-refractivity contribution < 1.29 is 4.42 Å². The largest absolute Gasteiger partial charge is 0.467 e. The van der Waals surface area contributed by atoms with Gasteiger partial charge in [0, 0.05) is 23.8 Å². The summed E-state index contributed by atoms with van der Waals surface area (Å²) in [5.41, 5.74) is 4.47. The van der Waals surface area contributed by atoms with Crippen LogP contribution in [0.5, 0.6) is 0 Å². The molecule has 0 spiro atoms. The Bertz CT molecular complexity index is 1140. The zero-order valence-corrected chi connectivity index (χ0v) is 17.4. The molecule has 1 saturated heterocycles. The van der Waals surface area contributed by atoms with Crippen LogP contribution in [-0.4, -0.2) is 19.6 Å². The minimum Gasteiger partial charge on any atom is -0.467 e. The van der Waals surface area contributed by atoms with E-state index in [1.807, 2.05) is 36.5 Å². The van der Waals surface area contributed by atoms with Gasteiger partial charge in [-0.2, -0.15) is 0 Å². The average molecular weight is 415 g/mol. The molecule has 1 aliphatic rings. The lowest BCUT2D eigenvalue weighted by Gasteiger charge is -2.28. The van der Waals surface area contributed by atoms with Gasteiger partial charge in [0.05, 0.1) is 30.6 Å². The number of pyridine rings is 1. The lowest BCUT2D eigenvalue weighted by molar-refractivity contribution is 0.280. The van der Waals surface area contributed by atoms with Crippen LogP contribution in [-0.2, 0) is 6.54 Å². The predicted octanol–water partition coefficient (Wildman–Crippen LogP) is 4.95. The number of aromatic nitrogens is 2. The highest BCUT2D eigenvalue weighted by Crippen LogP contribution is 2.40. The Hall–Kier alpha value is -3.38. The summed E-state index contributed by atoms with van der Waals surface area (Å²) in [7, 11) is 0. The van der Waals surface area contributed by atoms with E-state index in [-0.39, 0.29) is 12.1 Å². The van der Waals surface area contributed by atoms with Gasteiger partial charge in [-0.25, -0.2) is 0 Å².